The first-order valence-corrected chi connectivity index (χ1v) is 9.20. The molecule has 2 aromatic carbocycles. The Morgan fingerprint density at radius 1 is 0.968 bits per heavy atom. The second-order valence-corrected chi connectivity index (χ2v) is 6.44. The number of aromatic amines is 1. The van der Waals surface area contributed by atoms with Crippen LogP contribution in [0.1, 0.15) is 10.4 Å². The third-order valence-corrected chi connectivity index (χ3v) is 4.57. The molecule has 4 aromatic rings. The van der Waals surface area contributed by atoms with Crippen molar-refractivity contribution in [1.29, 1.82) is 0 Å². The van der Waals surface area contributed by atoms with Crippen LogP contribution in [0.3, 0.4) is 0 Å². The number of hydrogen-bond donors (Lipinski definition) is 2. The van der Waals surface area contributed by atoms with Gasteiger partial charge in [0, 0.05) is 17.2 Å². The van der Waals surface area contributed by atoms with Gasteiger partial charge in [-0.3, -0.25) is 14.6 Å². The number of aromatic nitrogens is 4. The lowest BCUT2D eigenvalue weighted by Crippen LogP contribution is -2.18. The summed E-state index contributed by atoms with van der Waals surface area (Å²) in [6, 6.07) is 13.2. The van der Waals surface area contributed by atoms with Crippen molar-refractivity contribution in [2.45, 2.75) is 0 Å². The molecule has 0 atom stereocenters. The maximum absolute atomic E-state index is 12.8. The Balaban J connectivity index is 1.69. The first kappa shape index (κ1) is 20.0. The van der Waals surface area contributed by atoms with Crippen LogP contribution in [0.5, 0.6) is 17.2 Å². The molecule has 1 amide bonds. The molecule has 0 saturated heterocycles. The van der Waals surface area contributed by atoms with E-state index in [1.165, 1.54) is 24.8 Å². The van der Waals surface area contributed by atoms with Crippen molar-refractivity contribution in [3.8, 4) is 28.6 Å². The van der Waals surface area contributed by atoms with E-state index in [0.717, 1.165) is 5.56 Å². The highest BCUT2D eigenvalue weighted by Gasteiger charge is 2.15. The fourth-order valence-corrected chi connectivity index (χ4v) is 3.01. The van der Waals surface area contributed by atoms with Gasteiger partial charge in [0.1, 0.15) is 11.6 Å². The van der Waals surface area contributed by atoms with Crippen LogP contribution in [-0.2, 0) is 0 Å². The minimum absolute atomic E-state index is 0.172. The zero-order valence-corrected chi connectivity index (χ0v) is 17.0. The minimum atomic E-state index is -0.450. The normalized spacial score (nSPS) is 10.7. The molecule has 2 aromatic heterocycles. The van der Waals surface area contributed by atoms with Crippen molar-refractivity contribution in [3.63, 3.8) is 0 Å². The third-order valence-electron chi connectivity index (χ3n) is 4.57. The molecule has 0 aliphatic carbocycles. The van der Waals surface area contributed by atoms with E-state index in [9.17, 15) is 9.59 Å². The van der Waals surface area contributed by atoms with Crippen LogP contribution in [0.25, 0.3) is 17.2 Å². The van der Waals surface area contributed by atoms with Gasteiger partial charge in [0.25, 0.3) is 11.5 Å². The summed E-state index contributed by atoms with van der Waals surface area (Å²) in [4.78, 5) is 31.9. The number of benzene rings is 2. The number of amides is 1. The zero-order chi connectivity index (χ0) is 22.0. The van der Waals surface area contributed by atoms with Gasteiger partial charge >= 0.3 is 0 Å². The lowest BCUT2D eigenvalue weighted by Gasteiger charge is -2.10. The van der Waals surface area contributed by atoms with E-state index in [0.29, 0.717) is 28.6 Å². The number of methoxy groups -OCH3 is 3. The van der Waals surface area contributed by atoms with Crippen molar-refractivity contribution < 1.29 is 19.0 Å². The monoisotopic (exact) mass is 421 g/mol. The van der Waals surface area contributed by atoms with Gasteiger partial charge in [-0.25, -0.2) is 0 Å². The fourth-order valence-electron chi connectivity index (χ4n) is 3.01. The van der Waals surface area contributed by atoms with Crippen LogP contribution >= 0.6 is 0 Å². The number of anilines is 1. The molecular weight excluding hydrogens is 402 g/mol. The molecule has 0 aliphatic heterocycles. The summed E-state index contributed by atoms with van der Waals surface area (Å²) in [5, 5.41) is 7.12. The van der Waals surface area contributed by atoms with E-state index in [1.54, 1.807) is 49.6 Å². The number of rotatable bonds is 6. The smallest absolute Gasteiger partial charge is 0.256 e. The Morgan fingerprint density at radius 3 is 2.39 bits per heavy atom. The quantitative estimate of drug-likeness (QED) is 0.490. The number of hydrogen-bond acceptors (Lipinski definition) is 7. The Bertz CT molecular complexity index is 1310. The zero-order valence-electron chi connectivity index (χ0n) is 17.0. The molecule has 0 spiro atoms. The first-order valence-electron chi connectivity index (χ1n) is 9.20. The summed E-state index contributed by atoms with van der Waals surface area (Å²) in [6.07, 6.45) is 0. The number of carbonyl (C=O) groups is 1. The molecule has 10 heteroatoms. The number of H-pyrrole nitrogens is 1. The Kier molecular flexibility index (Phi) is 5.27. The number of carbonyl (C=O) groups excluding carboxylic acids is 1. The number of ether oxygens (including phenoxy) is 3. The molecule has 0 fully saturated rings. The summed E-state index contributed by atoms with van der Waals surface area (Å²) in [5.74, 6) is 1.91. The lowest BCUT2D eigenvalue weighted by atomic mass is 10.2. The number of fused-ring (bicyclic) bond motifs is 1. The van der Waals surface area contributed by atoms with Crippen LogP contribution in [0.4, 0.5) is 5.82 Å². The topological polar surface area (TPSA) is 120 Å². The highest BCUT2D eigenvalue weighted by atomic mass is 16.5. The van der Waals surface area contributed by atoms with Gasteiger partial charge in [-0.15, -0.1) is 5.10 Å². The summed E-state index contributed by atoms with van der Waals surface area (Å²) in [7, 11) is 4.57. The van der Waals surface area contributed by atoms with Crippen LogP contribution < -0.4 is 25.1 Å². The molecule has 31 heavy (non-hydrogen) atoms. The van der Waals surface area contributed by atoms with Gasteiger partial charge in [-0.2, -0.15) is 9.50 Å². The Morgan fingerprint density at radius 2 is 1.71 bits per heavy atom. The van der Waals surface area contributed by atoms with Gasteiger partial charge < -0.3 is 19.5 Å². The van der Waals surface area contributed by atoms with E-state index in [1.807, 2.05) is 0 Å². The minimum Gasteiger partial charge on any atom is -0.497 e. The molecule has 0 bridgehead atoms. The second-order valence-electron chi connectivity index (χ2n) is 6.44. The van der Waals surface area contributed by atoms with E-state index in [4.69, 9.17) is 14.2 Å². The van der Waals surface area contributed by atoms with E-state index in [2.05, 4.69) is 20.4 Å². The molecule has 2 heterocycles. The average Bonchev–Trinajstić information content (AvgIpc) is 3.22. The highest BCUT2D eigenvalue weighted by molar-refractivity contribution is 6.04. The highest BCUT2D eigenvalue weighted by Crippen LogP contribution is 2.28. The summed E-state index contributed by atoms with van der Waals surface area (Å²) >= 11 is 0. The van der Waals surface area contributed by atoms with Gasteiger partial charge in [0.2, 0.25) is 5.78 Å². The van der Waals surface area contributed by atoms with Crippen LogP contribution in [0.15, 0.2) is 53.3 Å². The van der Waals surface area contributed by atoms with Gasteiger partial charge in [-0.05, 0) is 42.5 Å². The van der Waals surface area contributed by atoms with Crippen molar-refractivity contribution in [2.75, 3.05) is 26.6 Å². The summed E-state index contributed by atoms with van der Waals surface area (Å²) in [5.41, 5.74) is 0.618. The van der Waals surface area contributed by atoms with E-state index < -0.39 is 11.5 Å². The molecule has 0 radical (unpaired) electrons. The predicted octanol–water partition coefficient (Wildman–Crippen LogP) is 2.36. The molecule has 4 rings (SSSR count). The molecule has 0 aliphatic rings. The van der Waals surface area contributed by atoms with Crippen molar-refractivity contribution >= 4 is 17.5 Å². The third kappa shape index (κ3) is 3.90. The fraction of sp³-hybridized carbons (Fsp3) is 0.143. The second kappa shape index (κ2) is 8.19. The summed E-state index contributed by atoms with van der Waals surface area (Å²) < 4.78 is 16.9. The standard InChI is InChI=1S/C21H19N5O5/c1-29-14-7-4-12(5-8-14)19-24-21-23-18(27)11-17(26(21)25-19)22-20(28)13-6-9-15(30-2)16(10-13)31-3/h4-11H,1-3H3,(H,22,28)(H,23,24,25,27). The summed E-state index contributed by atoms with van der Waals surface area (Å²) in [6.45, 7) is 0. The molecular formula is C21H19N5O5. The first-order chi connectivity index (χ1) is 15.0. The molecule has 0 unspecified atom stereocenters. The lowest BCUT2D eigenvalue weighted by molar-refractivity contribution is 0.102. The maximum Gasteiger partial charge on any atom is 0.256 e. The van der Waals surface area contributed by atoms with Crippen molar-refractivity contribution in [1.82, 2.24) is 19.6 Å². The Labute approximate surface area is 176 Å². The molecule has 0 saturated carbocycles. The van der Waals surface area contributed by atoms with E-state index >= 15 is 0 Å². The van der Waals surface area contributed by atoms with Gasteiger partial charge in [-0.1, -0.05) is 0 Å². The van der Waals surface area contributed by atoms with Crippen molar-refractivity contribution in [2.24, 2.45) is 0 Å². The van der Waals surface area contributed by atoms with Gasteiger partial charge in [0.05, 0.1) is 21.3 Å². The molecule has 10 nitrogen and oxygen atoms in total. The Hall–Kier alpha value is -4.34. The maximum atomic E-state index is 12.8. The SMILES string of the molecule is COc1ccc(-c2nc3[nH]c(=O)cc(NC(=O)c4ccc(OC)c(OC)c4)n3n2)cc1. The van der Waals surface area contributed by atoms with Gasteiger partial charge in [0.15, 0.2) is 17.3 Å². The number of nitrogens with zero attached hydrogens (tertiary/aromatic N) is 3. The molecule has 158 valence electrons. The van der Waals surface area contributed by atoms with Crippen LogP contribution in [-0.4, -0.2) is 46.8 Å². The van der Waals surface area contributed by atoms with Crippen LogP contribution in [0.2, 0.25) is 0 Å². The predicted molar refractivity (Wildman–Crippen MR) is 113 cm³/mol. The van der Waals surface area contributed by atoms with Crippen LogP contribution in [0, 0.1) is 0 Å². The van der Waals surface area contributed by atoms with Crippen molar-refractivity contribution in [3.05, 3.63) is 64.4 Å². The molecule has 2 N–H and O–H groups in total. The van der Waals surface area contributed by atoms with E-state index in [-0.39, 0.29) is 11.6 Å². The largest absolute Gasteiger partial charge is 0.497 e. The average molecular weight is 421 g/mol. The number of nitrogens with one attached hydrogen (secondary N) is 2.